The molecule has 4 nitrogen and oxygen atoms in total. The van der Waals surface area contributed by atoms with Gasteiger partial charge in [0.25, 0.3) is 0 Å². The van der Waals surface area contributed by atoms with Crippen LogP contribution in [0, 0.1) is 23.7 Å². The van der Waals surface area contributed by atoms with E-state index >= 15 is 0 Å². The van der Waals surface area contributed by atoms with Gasteiger partial charge in [0, 0.05) is 19.0 Å². The topological polar surface area (TPSA) is 57.6 Å². The van der Waals surface area contributed by atoms with Gasteiger partial charge in [0.1, 0.15) is 0 Å². The van der Waals surface area contributed by atoms with E-state index in [0.29, 0.717) is 12.3 Å². The zero-order valence-corrected chi connectivity index (χ0v) is 13.5. The first kappa shape index (κ1) is 16.3. The van der Waals surface area contributed by atoms with Crippen LogP contribution in [0.1, 0.15) is 59.3 Å². The average Bonchev–Trinajstić information content (AvgIpc) is 2.37. The molecule has 2 fully saturated rings. The van der Waals surface area contributed by atoms with Crippen molar-refractivity contribution in [2.45, 2.75) is 65.3 Å². The molecule has 21 heavy (non-hydrogen) atoms. The third-order valence-electron chi connectivity index (χ3n) is 5.55. The molecule has 4 heteroatoms. The summed E-state index contributed by atoms with van der Waals surface area (Å²) in [6, 6.07) is -0.181. The Balaban J connectivity index is 1.94. The van der Waals surface area contributed by atoms with Gasteiger partial charge in [-0.1, -0.05) is 33.1 Å². The molecular formula is C17H29NO3. The van der Waals surface area contributed by atoms with Gasteiger partial charge in [-0.25, -0.2) is 0 Å². The summed E-state index contributed by atoms with van der Waals surface area (Å²) in [7, 11) is 0. The Hall–Kier alpha value is -1.06. The number of carbonyl (C=O) groups is 2. The number of nitrogens with zero attached hydrogens (tertiary/aromatic N) is 1. The van der Waals surface area contributed by atoms with Gasteiger partial charge in [0.15, 0.2) is 0 Å². The number of likely N-dealkylation sites (tertiary alicyclic amines) is 1. The third-order valence-corrected chi connectivity index (χ3v) is 5.55. The lowest BCUT2D eigenvalue weighted by molar-refractivity contribution is -0.154. The van der Waals surface area contributed by atoms with Gasteiger partial charge < -0.3 is 10.0 Å². The van der Waals surface area contributed by atoms with Crippen molar-refractivity contribution in [1.82, 2.24) is 4.90 Å². The van der Waals surface area contributed by atoms with E-state index in [2.05, 4.69) is 6.92 Å². The smallest absolute Gasteiger partial charge is 0.308 e. The Bertz CT molecular complexity index is 395. The first-order valence-electron chi connectivity index (χ1n) is 8.42. The van der Waals surface area contributed by atoms with E-state index in [9.17, 15) is 14.7 Å². The SMILES string of the molecule is CC1CCCC(CCN2C(=O)CC(C)C(C(=O)O)C2C)C1. The van der Waals surface area contributed by atoms with E-state index in [1.807, 2.05) is 18.7 Å². The molecule has 5 atom stereocenters. The van der Waals surface area contributed by atoms with Crippen LogP contribution in [0.5, 0.6) is 0 Å². The predicted molar refractivity (Wildman–Crippen MR) is 81.8 cm³/mol. The van der Waals surface area contributed by atoms with Gasteiger partial charge >= 0.3 is 5.97 Å². The molecule has 1 saturated heterocycles. The van der Waals surface area contributed by atoms with Crippen molar-refractivity contribution in [3.05, 3.63) is 0 Å². The predicted octanol–water partition coefficient (Wildman–Crippen LogP) is 3.16. The van der Waals surface area contributed by atoms with Gasteiger partial charge in [-0.3, -0.25) is 9.59 Å². The fourth-order valence-corrected chi connectivity index (χ4v) is 4.34. The Morgan fingerprint density at radius 3 is 2.62 bits per heavy atom. The lowest BCUT2D eigenvalue weighted by Crippen LogP contribution is -2.53. The summed E-state index contributed by atoms with van der Waals surface area (Å²) in [5, 5.41) is 9.40. The number of rotatable bonds is 4. The molecule has 2 rings (SSSR count). The molecular weight excluding hydrogens is 266 g/mol. The number of carboxylic acids is 1. The summed E-state index contributed by atoms with van der Waals surface area (Å²) in [4.78, 5) is 25.5. The normalized spacial score (nSPS) is 37.6. The largest absolute Gasteiger partial charge is 0.481 e. The highest BCUT2D eigenvalue weighted by Gasteiger charge is 2.41. The molecule has 1 amide bonds. The molecule has 2 aliphatic rings. The molecule has 120 valence electrons. The van der Waals surface area contributed by atoms with E-state index in [0.717, 1.165) is 18.9 Å². The minimum atomic E-state index is -0.765. The molecule has 1 heterocycles. The molecule has 0 aromatic carbocycles. The van der Waals surface area contributed by atoms with Crippen molar-refractivity contribution in [3.63, 3.8) is 0 Å². The van der Waals surface area contributed by atoms with Crippen molar-refractivity contribution >= 4 is 11.9 Å². The first-order valence-corrected chi connectivity index (χ1v) is 8.42. The molecule has 5 unspecified atom stereocenters. The second-order valence-electron chi connectivity index (χ2n) is 7.30. The van der Waals surface area contributed by atoms with Crippen LogP contribution in [0.25, 0.3) is 0 Å². The fraction of sp³-hybridized carbons (Fsp3) is 0.882. The number of piperidine rings is 1. The highest BCUT2D eigenvalue weighted by Crippen LogP contribution is 2.33. The van der Waals surface area contributed by atoms with Crippen LogP contribution in [0.15, 0.2) is 0 Å². The Morgan fingerprint density at radius 2 is 2.00 bits per heavy atom. The molecule has 0 bridgehead atoms. The number of aliphatic carboxylic acids is 1. The highest BCUT2D eigenvalue weighted by atomic mass is 16.4. The van der Waals surface area contributed by atoms with Crippen molar-refractivity contribution in [1.29, 1.82) is 0 Å². The summed E-state index contributed by atoms with van der Waals surface area (Å²) in [6.07, 6.45) is 6.55. The first-order chi connectivity index (χ1) is 9.90. The number of amides is 1. The maximum Gasteiger partial charge on any atom is 0.308 e. The van der Waals surface area contributed by atoms with E-state index in [1.54, 1.807) is 0 Å². The summed E-state index contributed by atoms with van der Waals surface area (Å²) >= 11 is 0. The number of carbonyl (C=O) groups excluding carboxylic acids is 1. The van der Waals surface area contributed by atoms with Crippen LogP contribution in [0.3, 0.4) is 0 Å². The van der Waals surface area contributed by atoms with Crippen molar-refractivity contribution < 1.29 is 14.7 Å². The second kappa shape index (κ2) is 6.80. The van der Waals surface area contributed by atoms with Gasteiger partial charge in [-0.15, -0.1) is 0 Å². The molecule has 1 N–H and O–H groups in total. The Labute approximate surface area is 127 Å². The molecule has 0 aromatic rings. The van der Waals surface area contributed by atoms with Crippen LogP contribution in [-0.4, -0.2) is 34.5 Å². The quantitative estimate of drug-likeness (QED) is 0.866. The Kier molecular flexibility index (Phi) is 5.28. The maximum atomic E-state index is 12.3. The molecule has 1 aliphatic carbocycles. The van der Waals surface area contributed by atoms with Crippen molar-refractivity contribution in [3.8, 4) is 0 Å². The lowest BCUT2D eigenvalue weighted by Gasteiger charge is -2.41. The second-order valence-corrected chi connectivity index (χ2v) is 7.30. The summed E-state index contributed by atoms with van der Waals surface area (Å²) in [5.74, 6) is 0.389. The highest BCUT2D eigenvalue weighted by molar-refractivity contribution is 5.81. The van der Waals surface area contributed by atoms with Gasteiger partial charge in [-0.2, -0.15) is 0 Å². The van der Waals surface area contributed by atoms with Crippen molar-refractivity contribution in [2.75, 3.05) is 6.54 Å². The van der Waals surface area contributed by atoms with Crippen LogP contribution < -0.4 is 0 Å². The third kappa shape index (κ3) is 3.78. The van der Waals surface area contributed by atoms with Gasteiger partial charge in [0.2, 0.25) is 5.91 Å². The van der Waals surface area contributed by atoms with Gasteiger partial charge in [0.05, 0.1) is 5.92 Å². The Morgan fingerprint density at radius 1 is 1.29 bits per heavy atom. The average molecular weight is 295 g/mol. The zero-order chi connectivity index (χ0) is 15.6. The minimum absolute atomic E-state index is 0.0593. The fourth-order valence-electron chi connectivity index (χ4n) is 4.34. The van der Waals surface area contributed by atoms with Crippen LogP contribution in [0.2, 0.25) is 0 Å². The van der Waals surface area contributed by atoms with Crippen LogP contribution >= 0.6 is 0 Å². The van der Waals surface area contributed by atoms with Gasteiger partial charge in [-0.05, 0) is 37.5 Å². The standard InChI is InChI=1S/C17H29NO3/c1-11-5-4-6-14(9-11)7-8-18-13(3)16(17(20)21)12(2)10-15(18)19/h11-14,16H,4-10H2,1-3H3,(H,20,21). The minimum Gasteiger partial charge on any atom is -0.481 e. The number of hydrogen-bond acceptors (Lipinski definition) is 2. The molecule has 1 aliphatic heterocycles. The monoisotopic (exact) mass is 295 g/mol. The molecule has 1 saturated carbocycles. The summed E-state index contributed by atoms with van der Waals surface area (Å²) in [5.41, 5.74) is 0. The van der Waals surface area contributed by atoms with E-state index in [1.165, 1.54) is 25.7 Å². The van der Waals surface area contributed by atoms with E-state index in [-0.39, 0.29) is 17.9 Å². The van der Waals surface area contributed by atoms with Crippen LogP contribution in [0.4, 0.5) is 0 Å². The van der Waals surface area contributed by atoms with E-state index in [4.69, 9.17) is 0 Å². The summed E-state index contributed by atoms with van der Waals surface area (Å²) < 4.78 is 0. The molecule has 0 aromatic heterocycles. The molecule has 0 spiro atoms. The zero-order valence-electron chi connectivity index (χ0n) is 13.5. The number of carboxylic acid groups (broad SMARTS) is 1. The molecule has 0 radical (unpaired) electrons. The van der Waals surface area contributed by atoms with E-state index < -0.39 is 11.9 Å². The number of hydrogen-bond donors (Lipinski definition) is 1. The van der Waals surface area contributed by atoms with Crippen LogP contribution in [-0.2, 0) is 9.59 Å². The summed E-state index contributed by atoms with van der Waals surface area (Å²) in [6.45, 7) is 6.82. The van der Waals surface area contributed by atoms with Crippen molar-refractivity contribution in [2.24, 2.45) is 23.7 Å². The maximum absolute atomic E-state index is 12.3. The lowest BCUT2D eigenvalue weighted by atomic mass is 9.79.